The molecule has 2 aromatic carbocycles. The number of carbonyl (C=O) groups is 2. The molecule has 2 heterocycles. The number of aryl methyl sites for hydroxylation is 1. The lowest BCUT2D eigenvalue weighted by molar-refractivity contribution is 0.181. The second kappa shape index (κ2) is 6.90. The van der Waals surface area contributed by atoms with E-state index in [4.69, 9.17) is 4.74 Å². The number of fused-ring (bicyclic) bond motifs is 1. The molecule has 0 aromatic heterocycles. The molecule has 4 rings (SSSR count). The number of halogens is 1. The quantitative estimate of drug-likeness (QED) is 0.878. The Balaban J connectivity index is 1.49. The standard InChI is InChI=1S/C20H20FN3O3/c1-13-2-5-17(11-18(13)24-8-9-27-20(24)26)22-19(25)23-7-6-14-3-4-16(21)10-15(14)12-23/h2-5,10-11H,6-9,12H2,1H3,(H,22,25). The van der Waals surface area contributed by atoms with Crippen molar-refractivity contribution >= 4 is 23.5 Å². The summed E-state index contributed by atoms with van der Waals surface area (Å²) in [4.78, 5) is 27.7. The minimum Gasteiger partial charge on any atom is -0.447 e. The number of rotatable bonds is 2. The molecule has 0 atom stereocenters. The smallest absolute Gasteiger partial charge is 0.414 e. The van der Waals surface area contributed by atoms with Gasteiger partial charge in [0.15, 0.2) is 0 Å². The van der Waals surface area contributed by atoms with Crippen LogP contribution in [0.15, 0.2) is 36.4 Å². The van der Waals surface area contributed by atoms with Crippen molar-refractivity contribution in [3.63, 3.8) is 0 Å². The van der Waals surface area contributed by atoms with Crippen LogP contribution in [0.2, 0.25) is 0 Å². The Hall–Kier alpha value is -3.09. The second-order valence-corrected chi connectivity index (χ2v) is 6.78. The minimum absolute atomic E-state index is 0.247. The molecule has 0 unspecified atom stereocenters. The molecule has 1 saturated heterocycles. The van der Waals surface area contributed by atoms with Crippen LogP contribution < -0.4 is 10.2 Å². The van der Waals surface area contributed by atoms with Gasteiger partial charge in [-0.05, 0) is 54.3 Å². The minimum atomic E-state index is -0.378. The zero-order valence-corrected chi connectivity index (χ0v) is 15.0. The molecule has 2 aliphatic heterocycles. The van der Waals surface area contributed by atoms with Gasteiger partial charge in [-0.15, -0.1) is 0 Å². The number of urea groups is 1. The molecule has 1 N–H and O–H groups in total. The van der Waals surface area contributed by atoms with E-state index >= 15 is 0 Å². The van der Waals surface area contributed by atoms with Gasteiger partial charge in [0, 0.05) is 18.8 Å². The van der Waals surface area contributed by atoms with E-state index in [0.717, 1.165) is 22.4 Å². The summed E-state index contributed by atoms with van der Waals surface area (Å²) in [7, 11) is 0. The number of hydrogen-bond acceptors (Lipinski definition) is 3. The normalized spacial score (nSPS) is 16.1. The van der Waals surface area contributed by atoms with E-state index in [-0.39, 0.29) is 17.9 Å². The Labute approximate surface area is 156 Å². The van der Waals surface area contributed by atoms with Gasteiger partial charge in [-0.1, -0.05) is 12.1 Å². The van der Waals surface area contributed by atoms with Crippen LogP contribution in [0.1, 0.15) is 16.7 Å². The van der Waals surface area contributed by atoms with Crippen molar-refractivity contribution in [2.24, 2.45) is 0 Å². The Morgan fingerprint density at radius 2 is 2.00 bits per heavy atom. The number of amides is 3. The van der Waals surface area contributed by atoms with Gasteiger partial charge in [-0.25, -0.2) is 14.0 Å². The number of nitrogens with one attached hydrogen (secondary N) is 1. The number of ether oxygens (including phenoxy) is 1. The number of benzene rings is 2. The number of nitrogens with zero attached hydrogens (tertiary/aromatic N) is 2. The van der Waals surface area contributed by atoms with Gasteiger partial charge >= 0.3 is 12.1 Å². The predicted molar refractivity (Wildman–Crippen MR) is 99.4 cm³/mol. The van der Waals surface area contributed by atoms with Gasteiger partial charge < -0.3 is 15.0 Å². The molecular formula is C20H20FN3O3. The first-order valence-electron chi connectivity index (χ1n) is 8.89. The Kier molecular flexibility index (Phi) is 4.43. The second-order valence-electron chi connectivity index (χ2n) is 6.78. The van der Waals surface area contributed by atoms with Crippen LogP contribution in [0.3, 0.4) is 0 Å². The van der Waals surface area contributed by atoms with Crippen LogP contribution >= 0.6 is 0 Å². The summed E-state index contributed by atoms with van der Waals surface area (Å²) >= 11 is 0. The molecule has 6 nitrogen and oxygen atoms in total. The molecule has 1 fully saturated rings. The van der Waals surface area contributed by atoms with Gasteiger partial charge in [0.05, 0.1) is 12.2 Å². The van der Waals surface area contributed by atoms with Gasteiger partial charge in [0.2, 0.25) is 0 Å². The number of carbonyl (C=O) groups excluding carboxylic acids is 2. The summed E-state index contributed by atoms with van der Waals surface area (Å²) in [5.41, 5.74) is 4.16. The van der Waals surface area contributed by atoms with Crippen LogP contribution in [0.4, 0.5) is 25.4 Å². The fraction of sp³-hybridized carbons (Fsp3) is 0.300. The van der Waals surface area contributed by atoms with Crippen molar-refractivity contribution in [3.05, 3.63) is 58.9 Å². The van der Waals surface area contributed by atoms with Crippen molar-refractivity contribution in [1.29, 1.82) is 0 Å². The molecule has 140 valence electrons. The van der Waals surface area contributed by atoms with E-state index in [2.05, 4.69) is 5.32 Å². The van der Waals surface area contributed by atoms with Crippen molar-refractivity contribution in [2.75, 3.05) is 29.9 Å². The summed E-state index contributed by atoms with van der Waals surface area (Å²) in [6.07, 6.45) is 0.318. The van der Waals surface area contributed by atoms with Crippen molar-refractivity contribution in [3.8, 4) is 0 Å². The van der Waals surface area contributed by atoms with E-state index in [1.807, 2.05) is 13.0 Å². The highest BCUT2D eigenvalue weighted by molar-refractivity contribution is 5.94. The lowest BCUT2D eigenvalue weighted by atomic mass is 10.00. The summed E-state index contributed by atoms with van der Waals surface area (Å²) in [6, 6.07) is 9.90. The van der Waals surface area contributed by atoms with E-state index < -0.39 is 0 Å². The molecule has 0 aliphatic carbocycles. The Bertz CT molecular complexity index is 915. The zero-order chi connectivity index (χ0) is 19.0. The Morgan fingerprint density at radius 1 is 1.15 bits per heavy atom. The summed E-state index contributed by atoms with van der Waals surface area (Å²) in [5, 5.41) is 2.88. The van der Waals surface area contributed by atoms with Gasteiger partial charge in [0.25, 0.3) is 0 Å². The molecule has 7 heteroatoms. The maximum atomic E-state index is 13.5. The molecule has 27 heavy (non-hydrogen) atoms. The van der Waals surface area contributed by atoms with E-state index in [1.54, 1.807) is 28.0 Å². The maximum absolute atomic E-state index is 13.5. The first-order chi connectivity index (χ1) is 13.0. The lowest BCUT2D eigenvalue weighted by Gasteiger charge is -2.29. The van der Waals surface area contributed by atoms with Crippen LogP contribution in [0.5, 0.6) is 0 Å². The number of hydrogen-bond donors (Lipinski definition) is 1. The molecule has 0 saturated carbocycles. The van der Waals surface area contributed by atoms with Crippen LogP contribution in [-0.4, -0.2) is 36.7 Å². The van der Waals surface area contributed by atoms with Crippen molar-refractivity contribution < 1.29 is 18.7 Å². The third-order valence-corrected chi connectivity index (χ3v) is 4.98. The molecule has 2 aliphatic rings. The molecule has 0 bridgehead atoms. The predicted octanol–water partition coefficient (Wildman–Crippen LogP) is 3.68. The molecule has 3 amide bonds. The van der Waals surface area contributed by atoms with Crippen molar-refractivity contribution in [1.82, 2.24) is 4.90 Å². The fourth-order valence-electron chi connectivity index (χ4n) is 3.49. The highest BCUT2D eigenvalue weighted by Crippen LogP contribution is 2.27. The fourth-order valence-corrected chi connectivity index (χ4v) is 3.49. The zero-order valence-electron chi connectivity index (χ0n) is 15.0. The number of cyclic esters (lactones) is 1. The first-order valence-corrected chi connectivity index (χ1v) is 8.89. The Morgan fingerprint density at radius 3 is 2.78 bits per heavy atom. The van der Waals surface area contributed by atoms with Crippen molar-refractivity contribution in [2.45, 2.75) is 19.9 Å². The highest BCUT2D eigenvalue weighted by atomic mass is 19.1. The largest absolute Gasteiger partial charge is 0.447 e. The molecule has 0 spiro atoms. The first kappa shape index (κ1) is 17.3. The SMILES string of the molecule is Cc1ccc(NC(=O)N2CCc3ccc(F)cc3C2)cc1N1CCOC1=O. The van der Waals surface area contributed by atoms with Crippen LogP contribution in [0, 0.1) is 12.7 Å². The lowest BCUT2D eigenvalue weighted by Crippen LogP contribution is -2.39. The topological polar surface area (TPSA) is 61.9 Å². The average molecular weight is 369 g/mol. The van der Waals surface area contributed by atoms with Gasteiger partial charge in [-0.3, -0.25) is 4.90 Å². The highest BCUT2D eigenvalue weighted by Gasteiger charge is 2.26. The third kappa shape index (κ3) is 3.45. The van der Waals surface area contributed by atoms with E-state index in [9.17, 15) is 14.0 Å². The van der Waals surface area contributed by atoms with Gasteiger partial charge in [-0.2, -0.15) is 0 Å². The van der Waals surface area contributed by atoms with Crippen LogP contribution in [0.25, 0.3) is 0 Å². The maximum Gasteiger partial charge on any atom is 0.414 e. The molecule has 0 radical (unpaired) electrons. The molecule has 2 aromatic rings. The summed E-state index contributed by atoms with van der Waals surface area (Å²) in [6.45, 7) is 3.70. The van der Waals surface area contributed by atoms with Crippen LogP contribution in [-0.2, 0) is 17.7 Å². The van der Waals surface area contributed by atoms with E-state index in [0.29, 0.717) is 38.3 Å². The third-order valence-electron chi connectivity index (χ3n) is 4.98. The summed E-state index contributed by atoms with van der Waals surface area (Å²) in [5.74, 6) is -0.295. The summed E-state index contributed by atoms with van der Waals surface area (Å²) < 4.78 is 18.5. The monoisotopic (exact) mass is 369 g/mol. The van der Waals surface area contributed by atoms with Gasteiger partial charge in [0.1, 0.15) is 12.4 Å². The molecular weight excluding hydrogens is 349 g/mol. The number of anilines is 2. The average Bonchev–Trinajstić information content (AvgIpc) is 3.08. The van der Waals surface area contributed by atoms with E-state index in [1.165, 1.54) is 12.1 Å².